The summed E-state index contributed by atoms with van der Waals surface area (Å²) in [4.78, 5) is 29.5. The summed E-state index contributed by atoms with van der Waals surface area (Å²) in [5.41, 5.74) is 1.83. The Morgan fingerprint density at radius 3 is 2.11 bits per heavy atom. The molecule has 0 unspecified atom stereocenters. The number of rotatable bonds is 7. The van der Waals surface area contributed by atoms with E-state index in [1.807, 2.05) is 72.8 Å². The Labute approximate surface area is 223 Å². The smallest absolute Gasteiger partial charge is 0.412 e. The molecule has 5 heteroatoms. The molecule has 0 spiro atoms. The number of amides is 2. The van der Waals surface area contributed by atoms with E-state index in [1.165, 1.54) is 0 Å². The molecule has 5 nitrogen and oxygen atoms in total. The maximum atomic E-state index is 13.9. The molecule has 0 aromatic heterocycles. The van der Waals surface area contributed by atoms with Gasteiger partial charge in [0.1, 0.15) is 11.6 Å². The standard InChI is InChI=1S/C33H32N2O3/c1-22(2)19-28-33(31(36)34-28,21-23-17-18-24-11-9-10-16-27(24)20-23)35-29(25-12-5-3-6-13-25)30(38-32(35)37)26-14-7-4-8-15-26/h3-18,20,22,28-30H,19,21H2,1-2H3,(H,34,36)/t28-,29+,30-,33-/m1/s1. The molecular weight excluding hydrogens is 472 g/mol. The molecule has 0 bridgehead atoms. The van der Waals surface area contributed by atoms with Gasteiger partial charge in [-0.2, -0.15) is 0 Å². The molecule has 2 aliphatic heterocycles. The van der Waals surface area contributed by atoms with Crippen molar-refractivity contribution in [3.05, 3.63) is 120 Å². The van der Waals surface area contributed by atoms with Gasteiger partial charge in [0.15, 0.2) is 6.10 Å². The number of nitrogens with zero attached hydrogens (tertiary/aromatic N) is 1. The van der Waals surface area contributed by atoms with E-state index in [4.69, 9.17) is 4.74 Å². The van der Waals surface area contributed by atoms with Crippen molar-refractivity contribution in [3.8, 4) is 0 Å². The minimum absolute atomic E-state index is 0.122. The summed E-state index contributed by atoms with van der Waals surface area (Å²) in [7, 11) is 0. The van der Waals surface area contributed by atoms with E-state index in [0.717, 1.165) is 33.9 Å². The quantitative estimate of drug-likeness (QED) is 0.289. The Morgan fingerprint density at radius 1 is 0.816 bits per heavy atom. The number of β-lactam (4-membered cyclic amide) rings is 1. The number of ether oxygens (including phenoxy) is 1. The normalized spacial score (nSPS) is 24.8. The zero-order chi connectivity index (χ0) is 26.3. The second-order valence-electron chi connectivity index (χ2n) is 10.9. The fourth-order valence-corrected chi connectivity index (χ4v) is 6.19. The first kappa shape index (κ1) is 24.2. The molecule has 2 fully saturated rings. The number of cyclic esters (lactones) is 1. The Bertz CT molecular complexity index is 1470. The highest BCUT2D eigenvalue weighted by molar-refractivity contribution is 5.98. The zero-order valence-electron chi connectivity index (χ0n) is 21.7. The lowest BCUT2D eigenvalue weighted by Crippen LogP contribution is -2.80. The van der Waals surface area contributed by atoms with Crippen molar-refractivity contribution in [1.82, 2.24) is 10.2 Å². The minimum Gasteiger partial charge on any atom is -0.439 e. The summed E-state index contributed by atoms with van der Waals surface area (Å²) in [6, 6.07) is 33.7. The van der Waals surface area contributed by atoms with Crippen molar-refractivity contribution in [1.29, 1.82) is 0 Å². The van der Waals surface area contributed by atoms with Gasteiger partial charge in [0.25, 0.3) is 0 Å². The lowest BCUT2D eigenvalue weighted by Gasteiger charge is -2.55. The molecule has 38 heavy (non-hydrogen) atoms. The SMILES string of the molecule is CC(C)C[C@H]1NC(=O)[C@]1(Cc1ccc2ccccc2c1)N1C(=O)O[C@H](c2ccccc2)[C@@H]1c1ccccc1. The van der Waals surface area contributed by atoms with Crippen molar-refractivity contribution < 1.29 is 14.3 Å². The first-order valence-electron chi connectivity index (χ1n) is 13.4. The van der Waals surface area contributed by atoms with Crippen LogP contribution >= 0.6 is 0 Å². The van der Waals surface area contributed by atoms with Gasteiger partial charge in [0.05, 0.1) is 6.04 Å². The molecule has 6 rings (SSSR count). The molecule has 0 radical (unpaired) electrons. The third-order valence-electron chi connectivity index (χ3n) is 7.96. The molecule has 2 amide bonds. The number of benzene rings is 4. The van der Waals surface area contributed by atoms with Crippen LogP contribution in [-0.2, 0) is 16.0 Å². The first-order chi connectivity index (χ1) is 18.5. The van der Waals surface area contributed by atoms with Gasteiger partial charge < -0.3 is 10.1 Å². The molecule has 192 valence electrons. The fourth-order valence-electron chi connectivity index (χ4n) is 6.19. The summed E-state index contributed by atoms with van der Waals surface area (Å²) in [6.45, 7) is 4.30. The van der Waals surface area contributed by atoms with E-state index in [-0.39, 0.29) is 11.9 Å². The fraction of sp³-hybridized carbons (Fsp3) is 0.273. The van der Waals surface area contributed by atoms with Gasteiger partial charge in [0.2, 0.25) is 5.91 Å². The van der Waals surface area contributed by atoms with E-state index < -0.39 is 23.8 Å². The van der Waals surface area contributed by atoms with Crippen LogP contribution in [0.15, 0.2) is 103 Å². The monoisotopic (exact) mass is 504 g/mol. The predicted octanol–water partition coefficient (Wildman–Crippen LogP) is 6.60. The van der Waals surface area contributed by atoms with Crippen molar-refractivity contribution in [2.75, 3.05) is 0 Å². The molecule has 1 N–H and O–H groups in total. The van der Waals surface area contributed by atoms with Gasteiger partial charge in [-0.25, -0.2) is 4.79 Å². The van der Waals surface area contributed by atoms with Gasteiger partial charge in [0, 0.05) is 6.42 Å². The summed E-state index contributed by atoms with van der Waals surface area (Å²) in [5.74, 6) is 0.221. The Hall–Kier alpha value is -4.12. The molecule has 4 aromatic rings. The van der Waals surface area contributed by atoms with Crippen LogP contribution in [-0.4, -0.2) is 28.5 Å². The number of carbonyl (C=O) groups is 2. The Balaban J connectivity index is 1.50. The van der Waals surface area contributed by atoms with Crippen LogP contribution in [0, 0.1) is 5.92 Å². The van der Waals surface area contributed by atoms with Gasteiger partial charge in [-0.05, 0) is 39.8 Å². The largest absolute Gasteiger partial charge is 0.439 e. The van der Waals surface area contributed by atoms with Crippen LogP contribution in [0.4, 0.5) is 4.79 Å². The predicted molar refractivity (Wildman–Crippen MR) is 148 cm³/mol. The highest BCUT2D eigenvalue weighted by atomic mass is 16.6. The zero-order valence-corrected chi connectivity index (χ0v) is 21.7. The lowest BCUT2D eigenvalue weighted by molar-refractivity contribution is -0.149. The molecule has 2 heterocycles. The van der Waals surface area contributed by atoms with Crippen LogP contribution in [0.2, 0.25) is 0 Å². The Morgan fingerprint density at radius 2 is 1.45 bits per heavy atom. The summed E-state index contributed by atoms with van der Waals surface area (Å²) in [5, 5.41) is 5.42. The lowest BCUT2D eigenvalue weighted by atomic mass is 9.70. The summed E-state index contributed by atoms with van der Waals surface area (Å²) >= 11 is 0. The molecule has 4 aromatic carbocycles. The Kier molecular flexibility index (Phi) is 6.15. The van der Waals surface area contributed by atoms with Crippen molar-refractivity contribution in [2.45, 2.75) is 50.4 Å². The second kappa shape index (κ2) is 9.64. The van der Waals surface area contributed by atoms with Crippen LogP contribution in [0.3, 0.4) is 0 Å². The summed E-state index contributed by atoms with van der Waals surface area (Å²) < 4.78 is 6.13. The maximum absolute atomic E-state index is 13.9. The molecule has 2 aliphatic rings. The van der Waals surface area contributed by atoms with Gasteiger partial charge >= 0.3 is 6.09 Å². The molecule has 2 saturated heterocycles. The minimum atomic E-state index is -1.06. The number of fused-ring (bicyclic) bond motifs is 1. The molecule has 0 saturated carbocycles. The van der Waals surface area contributed by atoms with Gasteiger partial charge in [-0.15, -0.1) is 0 Å². The van der Waals surface area contributed by atoms with Crippen molar-refractivity contribution >= 4 is 22.8 Å². The molecule has 0 aliphatic carbocycles. The average Bonchev–Trinajstić information content (AvgIpc) is 3.29. The van der Waals surface area contributed by atoms with Crippen molar-refractivity contribution in [3.63, 3.8) is 0 Å². The third-order valence-corrected chi connectivity index (χ3v) is 7.96. The highest BCUT2D eigenvalue weighted by Crippen LogP contribution is 2.50. The first-order valence-corrected chi connectivity index (χ1v) is 13.4. The second-order valence-corrected chi connectivity index (χ2v) is 10.9. The van der Waals surface area contributed by atoms with E-state index in [1.54, 1.807) is 4.90 Å². The van der Waals surface area contributed by atoms with Gasteiger partial charge in [-0.1, -0.05) is 117 Å². The van der Waals surface area contributed by atoms with Crippen LogP contribution < -0.4 is 5.32 Å². The number of hydrogen-bond acceptors (Lipinski definition) is 3. The summed E-state index contributed by atoms with van der Waals surface area (Å²) in [6.07, 6.45) is 0.214. The van der Waals surface area contributed by atoms with E-state index >= 15 is 0 Å². The average molecular weight is 505 g/mol. The highest BCUT2D eigenvalue weighted by Gasteiger charge is 2.65. The topological polar surface area (TPSA) is 58.6 Å². The van der Waals surface area contributed by atoms with Gasteiger partial charge in [-0.3, -0.25) is 9.69 Å². The number of hydrogen-bond donors (Lipinski definition) is 1. The van der Waals surface area contributed by atoms with E-state index in [0.29, 0.717) is 12.3 Å². The van der Waals surface area contributed by atoms with Crippen LogP contribution in [0.1, 0.15) is 49.1 Å². The van der Waals surface area contributed by atoms with E-state index in [9.17, 15) is 9.59 Å². The molecule has 4 atom stereocenters. The van der Waals surface area contributed by atoms with Crippen LogP contribution in [0.25, 0.3) is 10.8 Å². The third kappa shape index (κ3) is 4.03. The maximum Gasteiger partial charge on any atom is 0.412 e. The van der Waals surface area contributed by atoms with E-state index in [2.05, 4.69) is 49.5 Å². The van der Waals surface area contributed by atoms with Crippen molar-refractivity contribution in [2.24, 2.45) is 5.92 Å². The number of carbonyl (C=O) groups excluding carboxylic acids is 2. The van der Waals surface area contributed by atoms with Crippen LogP contribution in [0.5, 0.6) is 0 Å². The number of nitrogens with one attached hydrogen (secondary N) is 1. The molecular formula is C33H32N2O3.